The van der Waals surface area contributed by atoms with Crippen LogP contribution in [0.25, 0.3) is 11.3 Å². The first-order valence-electron chi connectivity index (χ1n) is 11.8. The number of hydrogen-bond acceptors (Lipinski definition) is 9. The van der Waals surface area contributed by atoms with Crippen LogP contribution in [0.4, 0.5) is 11.6 Å². The zero-order chi connectivity index (χ0) is 24.5. The van der Waals surface area contributed by atoms with Crippen LogP contribution in [0, 0.1) is 0 Å². The highest BCUT2D eigenvalue weighted by Crippen LogP contribution is 2.20. The molecule has 1 saturated heterocycles. The Labute approximate surface area is 205 Å². The molecule has 1 aliphatic rings. The molecular weight excluding hydrogens is 444 g/mol. The van der Waals surface area contributed by atoms with Gasteiger partial charge in [0.1, 0.15) is 0 Å². The summed E-state index contributed by atoms with van der Waals surface area (Å²) in [5.74, 6) is -0.247. The fraction of sp³-hybridized carbons (Fsp3) is 0.360. The van der Waals surface area contributed by atoms with Crippen molar-refractivity contribution in [3.05, 3.63) is 66.1 Å². The van der Waals surface area contributed by atoms with Gasteiger partial charge in [0.15, 0.2) is 0 Å². The number of aliphatic carboxylic acids is 1. The smallest absolute Gasteiger partial charge is 0.317 e. The lowest BCUT2D eigenvalue weighted by Crippen LogP contribution is -2.47. The molecule has 4 rings (SSSR count). The van der Waals surface area contributed by atoms with Crippen molar-refractivity contribution in [3.63, 3.8) is 0 Å². The molecule has 3 heterocycles. The molecule has 0 amide bonds. The van der Waals surface area contributed by atoms with Crippen LogP contribution in [0.5, 0.6) is 0 Å². The number of pyridine rings is 1. The molecule has 0 atom stereocenters. The van der Waals surface area contributed by atoms with E-state index in [0.29, 0.717) is 19.0 Å². The number of anilines is 2. The van der Waals surface area contributed by atoms with Crippen LogP contribution in [0.2, 0.25) is 0 Å². The standard InChI is InChI=1S/C25H32N8O2/c26-7-9-27-16-22-5-4-20(15-29-22)23-6-8-28-25(31-23)30-21-3-1-2-19(14-21)17-32-10-12-33(13-11-32)18-24(34)35/h1-6,8,14-15,27H,7,9-13,16-18,26H2,(H,34,35)(H,28,30,31). The van der Waals surface area contributed by atoms with Gasteiger partial charge in [-0.3, -0.25) is 19.6 Å². The molecule has 0 radical (unpaired) electrons. The highest BCUT2D eigenvalue weighted by atomic mass is 16.4. The lowest BCUT2D eigenvalue weighted by molar-refractivity contribution is -0.138. The molecule has 0 saturated carbocycles. The van der Waals surface area contributed by atoms with E-state index in [1.165, 1.54) is 5.56 Å². The van der Waals surface area contributed by atoms with Gasteiger partial charge in [-0.05, 0) is 35.9 Å². The second-order valence-corrected chi connectivity index (χ2v) is 8.54. The molecule has 184 valence electrons. The topological polar surface area (TPSA) is 133 Å². The molecule has 0 spiro atoms. The van der Waals surface area contributed by atoms with Crippen molar-refractivity contribution in [1.29, 1.82) is 0 Å². The van der Waals surface area contributed by atoms with Gasteiger partial charge >= 0.3 is 5.97 Å². The maximum absolute atomic E-state index is 10.9. The predicted octanol–water partition coefficient (Wildman–Crippen LogP) is 1.53. The van der Waals surface area contributed by atoms with Crippen LogP contribution in [-0.2, 0) is 17.9 Å². The van der Waals surface area contributed by atoms with Crippen molar-refractivity contribution in [1.82, 2.24) is 30.1 Å². The largest absolute Gasteiger partial charge is 0.480 e. The molecule has 1 fully saturated rings. The molecule has 1 aliphatic heterocycles. The Kier molecular flexibility index (Phi) is 8.68. The van der Waals surface area contributed by atoms with E-state index in [2.05, 4.69) is 42.6 Å². The van der Waals surface area contributed by atoms with E-state index in [-0.39, 0.29) is 6.54 Å². The number of hydrogen-bond donors (Lipinski definition) is 4. The van der Waals surface area contributed by atoms with Gasteiger partial charge in [0.05, 0.1) is 17.9 Å². The van der Waals surface area contributed by atoms with Gasteiger partial charge in [0.2, 0.25) is 5.95 Å². The van der Waals surface area contributed by atoms with Gasteiger partial charge in [-0.25, -0.2) is 9.97 Å². The maximum Gasteiger partial charge on any atom is 0.317 e. The van der Waals surface area contributed by atoms with Crippen LogP contribution in [0.3, 0.4) is 0 Å². The molecule has 1 aromatic carbocycles. The first-order valence-corrected chi connectivity index (χ1v) is 11.8. The van der Waals surface area contributed by atoms with Gasteiger partial charge < -0.3 is 21.5 Å². The van der Waals surface area contributed by atoms with E-state index in [0.717, 1.165) is 61.9 Å². The van der Waals surface area contributed by atoms with Crippen LogP contribution in [0.15, 0.2) is 54.9 Å². The molecule has 0 aliphatic carbocycles. The Balaban J connectivity index is 1.35. The summed E-state index contributed by atoms with van der Waals surface area (Å²) >= 11 is 0. The van der Waals surface area contributed by atoms with E-state index < -0.39 is 5.97 Å². The second-order valence-electron chi connectivity index (χ2n) is 8.54. The van der Waals surface area contributed by atoms with E-state index in [1.807, 2.05) is 41.4 Å². The molecular formula is C25H32N8O2. The van der Waals surface area contributed by atoms with Crippen molar-refractivity contribution < 1.29 is 9.90 Å². The summed E-state index contributed by atoms with van der Waals surface area (Å²) in [7, 11) is 0. The molecule has 10 heteroatoms. The fourth-order valence-electron chi connectivity index (χ4n) is 4.01. The minimum Gasteiger partial charge on any atom is -0.480 e. The van der Waals surface area contributed by atoms with Crippen LogP contribution < -0.4 is 16.4 Å². The van der Waals surface area contributed by atoms with Crippen molar-refractivity contribution >= 4 is 17.6 Å². The number of carboxylic acid groups (broad SMARTS) is 1. The number of rotatable bonds is 11. The zero-order valence-electron chi connectivity index (χ0n) is 19.7. The minimum atomic E-state index is -0.771. The van der Waals surface area contributed by atoms with E-state index >= 15 is 0 Å². The maximum atomic E-state index is 10.9. The Bertz CT molecular complexity index is 1100. The monoisotopic (exact) mass is 476 g/mol. The summed E-state index contributed by atoms with van der Waals surface area (Å²) in [6.07, 6.45) is 3.56. The average molecular weight is 477 g/mol. The van der Waals surface area contributed by atoms with Gasteiger partial charge in [-0.2, -0.15) is 0 Å². The Hall–Kier alpha value is -3.44. The SMILES string of the molecule is NCCNCc1ccc(-c2ccnc(Nc3cccc(CN4CCN(CC(=O)O)CC4)c3)n2)cn1. The molecule has 0 unspecified atom stereocenters. The van der Waals surface area contributed by atoms with E-state index in [1.54, 1.807) is 6.20 Å². The van der Waals surface area contributed by atoms with Gasteiger partial charge in [0.25, 0.3) is 0 Å². The number of carbonyl (C=O) groups is 1. The average Bonchev–Trinajstić information content (AvgIpc) is 2.86. The summed E-state index contributed by atoms with van der Waals surface area (Å²) in [6.45, 7) is 6.21. The van der Waals surface area contributed by atoms with Gasteiger partial charge in [0, 0.05) is 76.0 Å². The van der Waals surface area contributed by atoms with Crippen LogP contribution in [0.1, 0.15) is 11.3 Å². The summed E-state index contributed by atoms with van der Waals surface area (Å²) < 4.78 is 0. The molecule has 5 N–H and O–H groups in total. The minimum absolute atomic E-state index is 0.110. The van der Waals surface area contributed by atoms with E-state index in [4.69, 9.17) is 10.8 Å². The number of benzene rings is 1. The fourth-order valence-corrected chi connectivity index (χ4v) is 4.01. The number of carboxylic acids is 1. The molecule has 3 aromatic rings. The summed E-state index contributed by atoms with van der Waals surface area (Å²) in [6, 6.07) is 14.1. The highest BCUT2D eigenvalue weighted by molar-refractivity contribution is 5.69. The predicted molar refractivity (Wildman–Crippen MR) is 135 cm³/mol. The van der Waals surface area contributed by atoms with Crippen LogP contribution >= 0.6 is 0 Å². The first kappa shape index (κ1) is 24.7. The highest BCUT2D eigenvalue weighted by Gasteiger charge is 2.18. The normalized spacial score (nSPS) is 14.7. The number of nitrogens with zero attached hydrogens (tertiary/aromatic N) is 5. The van der Waals surface area contributed by atoms with E-state index in [9.17, 15) is 4.79 Å². The van der Waals surface area contributed by atoms with Crippen molar-refractivity contribution in [2.45, 2.75) is 13.1 Å². The van der Waals surface area contributed by atoms with Crippen molar-refractivity contribution in [2.24, 2.45) is 5.73 Å². The number of piperazine rings is 1. The Morgan fingerprint density at radius 3 is 2.63 bits per heavy atom. The van der Waals surface area contributed by atoms with Crippen LogP contribution in [-0.4, -0.2) is 81.6 Å². The Morgan fingerprint density at radius 2 is 1.89 bits per heavy atom. The summed E-state index contributed by atoms with van der Waals surface area (Å²) in [5, 5.41) is 15.5. The molecule has 2 aromatic heterocycles. The lowest BCUT2D eigenvalue weighted by atomic mass is 10.1. The third kappa shape index (κ3) is 7.52. The number of nitrogens with one attached hydrogen (secondary N) is 2. The number of aromatic nitrogens is 3. The number of nitrogens with two attached hydrogens (primary N) is 1. The zero-order valence-corrected chi connectivity index (χ0v) is 19.7. The van der Waals surface area contributed by atoms with Crippen molar-refractivity contribution in [3.8, 4) is 11.3 Å². The molecule has 0 bridgehead atoms. The lowest BCUT2D eigenvalue weighted by Gasteiger charge is -2.33. The summed E-state index contributed by atoms with van der Waals surface area (Å²) in [5.41, 5.74) is 10.3. The second kappa shape index (κ2) is 12.3. The quantitative estimate of drug-likeness (QED) is 0.302. The third-order valence-electron chi connectivity index (χ3n) is 5.82. The summed E-state index contributed by atoms with van der Waals surface area (Å²) in [4.78, 5) is 28.8. The Morgan fingerprint density at radius 1 is 1.06 bits per heavy atom. The van der Waals surface area contributed by atoms with Crippen molar-refractivity contribution in [2.75, 3.05) is 51.1 Å². The van der Waals surface area contributed by atoms with Gasteiger partial charge in [-0.15, -0.1) is 0 Å². The van der Waals surface area contributed by atoms with Gasteiger partial charge in [-0.1, -0.05) is 12.1 Å². The molecule has 10 nitrogen and oxygen atoms in total. The third-order valence-corrected chi connectivity index (χ3v) is 5.82. The first-order chi connectivity index (χ1) is 17.1. The molecule has 35 heavy (non-hydrogen) atoms.